The molecule has 2 aliphatic rings. The summed E-state index contributed by atoms with van der Waals surface area (Å²) < 4.78 is 5.84. The van der Waals surface area contributed by atoms with Gasteiger partial charge in [-0.05, 0) is 12.8 Å². The van der Waals surface area contributed by atoms with Gasteiger partial charge in [0.25, 0.3) is 0 Å². The fourth-order valence-corrected chi connectivity index (χ4v) is 3.14. The van der Waals surface area contributed by atoms with Gasteiger partial charge in [0.15, 0.2) is 0 Å². The van der Waals surface area contributed by atoms with Gasteiger partial charge < -0.3 is 15.4 Å². The summed E-state index contributed by atoms with van der Waals surface area (Å²) in [4.78, 5) is 10.5. The minimum atomic E-state index is 0.233. The molecule has 1 aliphatic heterocycles. The molecule has 2 N–H and O–H groups in total. The molecule has 18 heavy (non-hydrogen) atoms. The van der Waals surface area contributed by atoms with E-state index in [0.717, 1.165) is 31.8 Å². The molecule has 1 aromatic heterocycles. The van der Waals surface area contributed by atoms with E-state index < -0.39 is 0 Å². The number of hydrogen-bond acceptors (Lipinski definition) is 5. The first-order valence-corrected chi connectivity index (χ1v) is 6.80. The Bertz CT molecular complexity index is 420. The van der Waals surface area contributed by atoms with Crippen LogP contribution < -0.4 is 10.6 Å². The molecule has 0 amide bonds. The Hall–Kier alpha value is -1.07. The summed E-state index contributed by atoms with van der Waals surface area (Å²) in [5.41, 5.74) is 5.67. The van der Waals surface area contributed by atoms with Crippen LogP contribution in [0.3, 0.4) is 0 Å². The molecule has 0 aromatic carbocycles. The number of fused-ring (bicyclic) bond motifs is 1. The maximum Gasteiger partial charge on any atom is 0.223 e. The van der Waals surface area contributed by atoms with E-state index in [1.54, 1.807) is 6.07 Å². The zero-order valence-corrected chi connectivity index (χ0v) is 10.9. The molecule has 1 saturated carbocycles. The lowest BCUT2D eigenvalue weighted by atomic mass is 9.90. The van der Waals surface area contributed by atoms with Gasteiger partial charge in [-0.2, -0.15) is 4.98 Å². The highest BCUT2D eigenvalue weighted by molar-refractivity contribution is 6.29. The average Bonchev–Trinajstić information content (AvgIpc) is 2.37. The Morgan fingerprint density at radius 1 is 1.33 bits per heavy atom. The van der Waals surface area contributed by atoms with Crippen LogP contribution in [0, 0.1) is 0 Å². The molecule has 2 fully saturated rings. The number of ether oxygens (including phenoxy) is 1. The SMILES string of the molecule is Nc1nc(Cl)cc(N2CCOC3CCCCC32)n1. The molecule has 98 valence electrons. The van der Waals surface area contributed by atoms with Crippen LogP contribution in [0.1, 0.15) is 25.7 Å². The van der Waals surface area contributed by atoms with Crippen LogP contribution in [0.4, 0.5) is 11.8 Å². The molecule has 2 unspecified atom stereocenters. The van der Waals surface area contributed by atoms with Crippen molar-refractivity contribution in [1.29, 1.82) is 0 Å². The number of hydrogen-bond donors (Lipinski definition) is 1. The Labute approximate surface area is 111 Å². The molecule has 1 aromatic rings. The van der Waals surface area contributed by atoms with Gasteiger partial charge in [0.2, 0.25) is 5.95 Å². The van der Waals surface area contributed by atoms with Gasteiger partial charge in [0.1, 0.15) is 11.0 Å². The topological polar surface area (TPSA) is 64.3 Å². The minimum Gasteiger partial charge on any atom is -0.374 e. The van der Waals surface area contributed by atoms with Crippen LogP contribution in [0.25, 0.3) is 0 Å². The first-order chi connectivity index (χ1) is 8.74. The van der Waals surface area contributed by atoms with E-state index in [2.05, 4.69) is 14.9 Å². The molecule has 3 rings (SSSR count). The van der Waals surface area contributed by atoms with Crippen molar-refractivity contribution < 1.29 is 4.74 Å². The average molecular weight is 269 g/mol. The standard InChI is InChI=1S/C12H17ClN4O/c13-10-7-11(16-12(14)15-10)17-5-6-18-9-4-2-1-3-8(9)17/h7-9H,1-6H2,(H2,14,15,16). The number of rotatable bonds is 1. The van der Waals surface area contributed by atoms with Crippen LogP contribution in [0.15, 0.2) is 6.07 Å². The van der Waals surface area contributed by atoms with Crippen LogP contribution in [-0.2, 0) is 4.74 Å². The number of halogens is 1. The van der Waals surface area contributed by atoms with Crippen molar-refractivity contribution in [2.75, 3.05) is 23.8 Å². The Morgan fingerprint density at radius 3 is 3.00 bits per heavy atom. The van der Waals surface area contributed by atoms with Crippen molar-refractivity contribution in [1.82, 2.24) is 9.97 Å². The summed E-state index contributed by atoms with van der Waals surface area (Å²) in [6.45, 7) is 1.58. The molecule has 0 spiro atoms. The van der Waals surface area contributed by atoms with E-state index in [4.69, 9.17) is 22.1 Å². The van der Waals surface area contributed by atoms with Gasteiger partial charge in [0.05, 0.1) is 18.8 Å². The van der Waals surface area contributed by atoms with Crippen molar-refractivity contribution in [3.8, 4) is 0 Å². The molecule has 2 atom stereocenters. The third-order valence-electron chi connectivity index (χ3n) is 3.73. The molecule has 0 radical (unpaired) electrons. The van der Waals surface area contributed by atoms with Crippen LogP contribution in [-0.4, -0.2) is 35.3 Å². The number of nitrogens with zero attached hydrogens (tertiary/aromatic N) is 3. The summed E-state index contributed by atoms with van der Waals surface area (Å²) in [5, 5.41) is 0.399. The third-order valence-corrected chi connectivity index (χ3v) is 3.92. The lowest BCUT2D eigenvalue weighted by Gasteiger charge is -2.44. The molecular weight excluding hydrogens is 252 g/mol. The van der Waals surface area contributed by atoms with Gasteiger partial charge in [-0.25, -0.2) is 4.98 Å². The van der Waals surface area contributed by atoms with E-state index in [1.807, 2.05) is 0 Å². The molecule has 1 aliphatic carbocycles. The maximum absolute atomic E-state index is 5.96. The predicted octanol–water partition coefficient (Wildman–Crippen LogP) is 1.86. The van der Waals surface area contributed by atoms with Crippen LogP contribution in [0.2, 0.25) is 5.15 Å². The Balaban J connectivity index is 1.89. The lowest BCUT2D eigenvalue weighted by Crippen LogP contribution is -2.53. The van der Waals surface area contributed by atoms with Crippen molar-refractivity contribution >= 4 is 23.4 Å². The number of nitrogens with two attached hydrogens (primary N) is 1. The molecular formula is C12H17ClN4O. The molecule has 0 bridgehead atoms. The first kappa shape index (κ1) is 12.0. The maximum atomic E-state index is 5.96. The smallest absolute Gasteiger partial charge is 0.223 e. The summed E-state index contributed by atoms with van der Waals surface area (Å²) in [6.07, 6.45) is 5.10. The lowest BCUT2D eigenvalue weighted by molar-refractivity contribution is -0.00898. The van der Waals surface area contributed by atoms with Gasteiger partial charge in [-0.1, -0.05) is 24.4 Å². The van der Waals surface area contributed by atoms with Crippen molar-refractivity contribution in [2.24, 2.45) is 0 Å². The molecule has 5 nitrogen and oxygen atoms in total. The Kier molecular flexibility index (Phi) is 3.26. The van der Waals surface area contributed by atoms with Gasteiger partial charge in [-0.3, -0.25) is 0 Å². The summed E-state index contributed by atoms with van der Waals surface area (Å²) in [6, 6.07) is 2.19. The number of anilines is 2. The third kappa shape index (κ3) is 2.24. The van der Waals surface area contributed by atoms with Crippen molar-refractivity contribution in [3.63, 3.8) is 0 Å². The highest BCUT2D eigenvalue weighted by Gasteiger charge is 2.35. The second kappa shape index (κ2) is 4.90. The Morgan fingerprint density at radius 2 is 2.17 bits per heavy atom. The number of aromatic nitrogens is 2. The molecule has 6 heteroatoms. The largest absolute Gasteiger partial charge is 0.374 e. The van der Waals surface area contributed by atoms with Crippen molar-refractivity contribution in [2.45, 2.75) is 37.8 Å². The van der Waals surface area contributed by atoms with Gasteiger partial charge in [-0.15, -0.1) is 0 Å². The van der Waals surface area contributed by atoms with E-state index >= 15 is 0 Å². The van der Waals surface area contributed by atoms with Crippen molar-refractivity contribution in [3.05, 3.63) is 11.2 Å². The fourth-order valence-electron chi connectivity index (χ4n) is 2.95. The molecule has 2 heterocycles. The zero-order chi connectivity index (χ0) is 12.5. The van der Waals surface area contributed by atoms with E-state index in [0.29, 0.717) is 17.3 Å². The highest BCUT2D eigenvalue weighted by Crippen LogP contribution is 2.31. The van der Waals surface area contributed by atoms with Crippen LogP contribution in [0.5, 0.6) is 0 Å². The normalized spacial score (nSPS) is 27.9. The van der Waals surface area contributed by atoms with E-state index in [-0.39, 0.29) is 5.95 Å². The van der Waals surface area contributed by atoms with Gasteiger partial charge in [0, 0.05) is 12.6 Å². The summed E-state index contributed by atoms with van der Waals surface area (Å²) in [7, 11) is 0. The minimum absolute atomic E-state index is 0.233. The quantitative estimate of drug-likeness (QED) is 0.788. The van der Waals surface area contributed by atoms with E-state index in [9.17, 15) is 0 Å². The number of morpholine rings is 1. The number of nitrogen functional groups attached to an aromatic ring is 1. The first-order valence-electron chi connectivity index (χ1n) is 6.42. The summed E-state index contributed by atoms with van der Waals surface area (Å²) >= 11 is 5.96. The zero-order valence-electron chi connectivity index (χ0n) is 10.2. The monoisotopic (exact) mass is 268 g/mol. The van der Waals surface area contributed by atoms with Crippen LogP contribution >= 0.6 is 11.6 Å². The van der Waals surface area contributed by atoms with E-state index in [1.165, 1.54) is 12.8 Å². The fraction of sp³-hybridized carbons (Fsp3) is 0.667. The second-order valence-electron chi connectivity index (χ2n) is 4.86. The highest BCUT2D eigenvalue weighted by atomic mass is 35.5. The summed E-state index contributed by atoms with van der Waals surface area (Å²) in [5.74, 6) is 1.06. The molecule has 1 saturated heterocycles. The predicted molar refractivity (Wildman–Crippen MR) is 70.8 cm³/mol. The second-order valence-corrected chi connectivity index (χ2v) is 5.25. The van der Waals surface area contributed by atoms with Gasteiger partial charge >= 0.3 is 0 Å².